The maximum Gasteiger partial charge on any atom is 0.0484 e. The van der Waals surface area contributed by atoms with E-state index in [-0.39, 0.29) is 0 Å². The Morgan fingerprint density at radius 3 is 2.55 bits per heavy atom. The largest absolute Gasteiger partial charge is 0.340 e. The molecule has 1 nitrogen and oxygen atoms in total. The standard InChI is InChI=1S/C21H21N/c1-15(2)12-20-13-16(3)17(4)22(20)14-19-10-7-9-18-8-5-6-11-21(18)19/h5-11,13H,1,3-4,12,14H2,2H3. The van der Waals surface area contributed by atoms with E-state index >= 15 is 0 Å². The van der Waals surface area contributed by atoms with Crippen molar-refractivity contribution in [1.82, 2.24) is 4.57 Å². The summed E-state index contributed by atoms with van der Waals surface area (Å²) in [5.74, 6) is 0. The monoisotopic (exact) mass is 287 g/mol. The predicted molar refractivity (Wildman–Crippen MR) is 96.3 cm³/mol. The van der Waals surface area contributed by atoms with Crippen LogP contribution in [0.2, 0.25) is 0 Å². The van der Waals surface area contributed by atoms with Crippen molar-refractivity contribution in [2.75, 3.05) is 0 Å². The molecule has 0 aliphatic carbocycles. The van der Waals surface area contributed by atoms with Gasteiger partial charge < -0.3 is 4.57 Å². The molecule has 0 fully saturated rings. The Morgan fingerprint density at radius 2 is 1.77 bits per heavy atom. The Morgan fingerprint density at radius 1 is 1.05 bits per heavy atom. The van der Waals surface area contributed by atoms with Crippen LogP contribution < -0.4 is 10.6 Å². The van der Waals surface area contributed by atoms with Crippen molar-refractivity contribution in [2.24, 2.45) is 0 Å². The first-order valence-electron chi connectivity index (χ1n) is 7.53. The number of rotatable bonds is 4. The molecule has 3 rings (SSSR count). The van der Waals surface area contributed by atoms with Crippen LogP contribution in [0.5, 0.6) is 0 Å². The van der Waals surface area contributed by atoms with Crippen molar-refractivity contribution in [3.05, 3.63) is 82.5 Å². The number of hydrogen-bond donors (Lipinski definition) is 0. The minimum atomic E-state index is 0.818. The van der Waals surface area contributed by atoms with Gasteiger partial charge in [0, 0.05) is 24.0 Å². The molecule has 0 radical (unpaired) electrons. The second-order valence-electron chi connectivity index (χ2n) is 5.97. The Kier molecular flexibility index (Phi) is 3.72. The van der Waals surface area contributed by atoms with Gasteiger partial charge in [0.05, 0.1) is 0 Å². The molecule has 0 atom stereocenters. The topological polar surface area (TPSA) is 4.93 Å². The highest BCUT2D eigenvalue weighted by molar-refractivity contribution is 5.85. The second-order valence-corrected chi connectivity index (χ2v) is 5.97. The van der Waals surface area contributed by atoms with Gasteiger partial charge in [0.25, 0.3) is 0 Å². The minimum Gasteiger partial charge on any atom is -0.340 e. The molecule has 0 N–H and O–H groups in total. The van der Waals surface area contributed by atoms with Crippen molar-refractivity contribution in [3.8, 4) is 0 Å². The van der Waals surface area contributed by atoms with Gasteiger partial charge in [-0.1, -0.05) is 67.8 Å². The van der Waals surface area contributed by atoms with Crippen molar-refractivity contribution in [1.29, 1.82) is 0 Å². The fourth-order valence-corrected chi connectivity index (χ4v) is 2.96. The summed E-state index contributed by atoms with van der Waals surface area (Å²) < 4.78 is 2.26. The summed E-state index contributed by atoms with van der Waals surface area (Å²) in [5.41, 5.74) is 3.69. The van der Waals surface area contributed by atoms with Gasteiger partial charge in [-0.05, 0) is 34.5 Å². The summed E-state index contributed by atoms with van der Waals surface area (Å²) in [4.78, 5) is 0. The zero-order chi connectivity index (χ0) is 15.7. The van der Waals surface area contributed by atoms with Crippen LogP contribution in [0.15, 0.2) is 60.7 Å². The second kappa shape index (κ2) is 5.69. The highest BCUT2D eigenvalue weighted by Gasteiger charge is 2.07. The van der Waals surface area contributed by atoms with Gasteiger partial charge in [0.2, 0.25) is 0 Å². The maximum absolute atomic E-state index is 4.20. The average molecular weight is 287 g/mol. The molecular weight excluding hydrogens is 266 g/mol. The smallest absolute Gasteiger partial charge is 0.0484 e. The molecule has 1 heteroatoms. The molecule has 110 valence electrons. The van der Waals surface area contributed by atoms with Crippen LogP contribution in [-0.2, 0) is 13.0 Å². The molecule has 22 heavy (non-hydrogen) atoms. The van der Waals surface area contributed by atoms with Crippen LogP contribution in [0, 0.1) is 0 Å². The molecule has 2 aromatic carbocycles. The summed E-state index contributed by atoms with van der Waals surface area (Å²) in [7, 11) is 0. The van der Waals surface area contributed by atoms with E-state index in [4.69, 9.17) is 0 Å². The Hall–Kier alpha value is -2.54. The molecular formula is C21H21N. The number of nitrogens with zero attached hydrogens (tertiary/aromatic N) is 1. The van der Waals surface area contributed by atoms with Gasteiger partial charge in [-0.3, -0.25) is 0 Å². The van der Waals surface area contributed by atoms with Crippen LogP contribution in [0.3, 0.4) is 0 Å². The molecule has 1 heterocycles. The SMILES string of the molecule is C=C(C)Cc1cc(=C)c(=C)n1Cc1cccc2ccccc12. The molecule has 3 aromatic rings. The first-order chi connectivity index (χ1) is 10.6. The van der Waals surface area contributed by atoms with Gasteiger partial charge in [-0.25, -0.2) is 0 Å². The number of allylic oxidation sites excluding steroid dienone is 1. The Balaban J connectivity index is 2.11. The zero-order valence-corrected chi connectivity index (χ0v) is 13.1. The molecule has 0 unspecified atom stereocenters. The van der Waals surface area contributed by atoms with E-state index in [0.29, 0.717) is 0 Å². The van der Waals surface area contributed by atoms with Crippen molar-refractivity contribution >= 4 is 23.9 Å². The summed E-state index contributed by atoms with van der Waals surface area (Å²) in [6.45, 7) is 15.2. The summed E-state index contributed by atoms with van der Waals surface area (Å²) >= 11 is 0. The maximum atomic E-state index is 4.20. The van der Waals surface area contributed by atoms with Crippen molar-refractivity contribution in [3.63, 3.8) is 0 Å². The lowest BCUT2D eigenvalue weighted by atomic mass is 10.0. The fourth-order valence-electron chi connectivity index (χ4n) is 2.96. The molecule has 0 saturated heterocycles. The van der Waals surface area contributed by atoms with Crippen LogP contribution in [0.25, 0.3) is 23.9 Å². The molecule has 0 aliphatic rings. The normalized spacial score (nSPS) is 11.0. The Bertz CT molecular complexity index is 938. The number of hydrogen-bond acceptors (Lipinski definition) is 0. The van der Waals surface area contributed by atoms with E-state index in [1.807, 2.05) is 0 Å². The fraction of sp³-hybridized carbons (Fsp3) is 0.143. The van der Waals surface area contributed by atoms with Crippen LogP contribution in [0.1, 0.15) is 18.2 Å². The van der Waals surface area contributed by atoms with Crippen molar-refractivity contribution in [2.45, 2.75) is 19.9 Å². The van der Waals surface area contributed by atoms with Gasteiger partial charge in [-0.2, -0.15) is 0 Å². The molecule has 0 amide bonds. The number of benzene rings is 2. The minimum absolute atomic E-state index is 0.818. The van der Waals surface area contributed by atoms with E-state index < -0.39 is 0 Å². The molecule has 0 saturated carbocycles. The first kappa shape index (κ1) is 14.4. The van der Waals surface area contributed by atoms with E-state index in [0.717, 1.165) is 29.1 Å². The van der Waals surface area contributed by atoms with Gasteiger partial charge >= 0.3 is 0 Å². The lowest BCUT2D eigenvalue weighted by Gasteiger charge is -2.12. The van der Waals surface area contributed by atoms with E-state index in [1.54, 1.807) is 0 Å². The molecule has 0 bridgehead atoms. The summed E-state index contributed by atoms with van der Waals surface area (Å²) in [5, 5.41) is 4.56. The number of fused-ring (bicyclic) bond motifs is 1. The third-order valence-corrected chi connectivity index (χ3v) is 4.08. The molecule has 1 aromatic heterocycles. The quantitative estimate of drug-likeness (QED) is 0.646. The van der Waals surface area contributed by atoms with E-state index in [1.165, 1.54) is 22.0 Å². The average Bonchev–Trinajstić information content (AvgIpc) is 2.74. The molecule has 0 spiro atoms. The lowest BCUT2D eigenvalue weighted by Crippen LogP contribution is -2.27. The third kappa shape index (κ3) is 2.62. The summed E-state index contributed by atoms with van der Waals surface area (Å²) in [6, 6.07) is 17.1. The van der Waals surface area contributed by atoms with Gasteiger partial charge in [0.15, 0.2) is 0 Å². The van der Waals surface area contributed by atoms with E-state index in [9.17, 15) is 0 Å². The van der Waals surface area contributed by atoms with Crippen LogP contribution in [0.4, 0.5) is 0 Å². The van der Waals surface area contributed by atoms with Gasteiger partial charge in [-0.15, -0.1) is 0 Å². The van der Waals surface area contributed by atoms with Crippen LogP contribution in [-0.4, -0.2) is 4.57 Å². The predicted octanol–water partition coefficient (Wildman–Crippen LogP) is 3.63. The highest BCUT2D eigenvalue weighted by Crippen LogP contribution is 2.19. The Labute approximate surface area is 131 Å². The van der Waals surface area contributed by atoms with Crippen LogP contribution >= 0.6 is 0 Å². The highest BCUT2D eigenvalue weighted by atomic mass is 15.0. The summed E-state index contributed by atoms with van der Waals surface area (Å²) in [6.07, 6.45) is 0.864. The van der Waals surface area contributed by atoms with E-state index in [2.05, 4.69) is 79.8 Å². The number of aromatic nitrogens is 1. The third-order valence-electron chi connectivity index (χ3n) is 4.08. The zero-order valence-electron chi connectivity index (χ0n) is 13.1. The van der Waals surface area contributed by atoms with Gasteiger partial charge in [0.1, 0.15) is 0 Å². The lowest BCUT2D eigenvalue weighted by molar-refractivity contribution is 0.738. The first-order valence-corrected chi connectivity index (χ1v) is 7.53. The molecule has 0 aliphatic heterocycles. The van der Waals surface area contributed by atoms with Crippen molar-refractivity contribution < 1.29 is 0 Å².